The molecule has 0 saturated heterocycles. The van der Waals surface area contributed by atoms with Crippen LogP contribution in [-0.4, -0.2) is 0 Å². The van der Waals surface area contributed by atoms with Crippen LogP contribution in [0.2, 0.25) is 0 Å². The second-order valence-electron chi connectivity index (χ2n) is 9.81. The van der Waals surface area contributed by atoms with Crippen molar-refractivity contribution in [2.24, 2.45) is 17.8 Å². The van der Waals surface area contributed by atoms with Crippen molar-refractivity contribution in [1.82, 2.24) is 0 Å². The smallest absolute Gasteiger partial charge is 0.0912 e. The summed E-state index contributed by atoms with van der Waals surface area (Å²) in [5.41, 5.74) is 4.61. The van der Waals surface area contributed by atoms with Crippen LogP contribution in [0.3, 0.4) is 0 Å². The summed E-state index contributed by atoms with van der Waals surface area (Å²) in [4.78, 5) is 0. The Hall–Kier alpha value is -2.07. The second-order valence-corrected chi connectivity index (χ2v) is 9.81. The van der Waals surface area contributed by atoms with Gasteiger partial charge in [0.15, 0.2) is 0 Å². The van der Waals surface area contributed by atoms with E-state index in [2.05, 4.69) is 43.8 Å². The number of aryl methyl sites for hydroxylation is 1. The highest BCUT2D eigenvalue weighted by Gasteiger charge is 2.29. The average molecular weight is 416 g/mol. The number of nitrogens with zero attached hydrogens (tertiary/aromatic N) is 1. The van der Waals surface area contributed by atoms with E-state index in [0.717, 1.165) is 17.8 Å². The number of nitriles is 1. The minimum Gasteiger partial charge on any atom is -0.193 e. The standard InChI is InChI=1S/C30H41N/c1-3-4-6-9-25-13-17-29(18-14-25)30-21-19-28(20-22-30)24(2)27-15-11-26(12-16-27)10-7-5-8-23-31/h5,7-8,10,13-14,17-18,26-28,30H,2-4,6,9,11-12,15-16,19-22H2,1H3/b8-5+,10-7+. The summed E-state index contributed by atoms with van der Waals surface area (Å²) >= 11 is 0. The van der Waals surface area contributed by atoms with Crippen molar-refractivity contribution in [3.05, 3.63) is 71.8 Å². The lowest BCUT2D eigenvalue weighted by molar-refractivity contribution is 0.290. The number of hydrogen-bond donors (Lipinski definition) is 0. The summed E-state index contributed by atoms with van der Waals surface area (Å²) in [7, 11) is 0. The summed E-state index contributed by atoms with van der Waals surface area (Å²) in [6.45, 7) is 6.87. The molecule has 0 heterocycles. The molecule has 2 aliphatic rings. The van der Waals surface area contributed by atoms with E-state index in [0.29, 0.717) is 5.92 Å². The summed E-state index contributed by atoms with van der Waals surface area (Å²) in [5.74, 6) is 2.88. The molecule has 0 aromatic heterocycles. The van der Waals surface area contributed by atoms with Crippen molar-refractivity contribution in [2.75, 3.05) is 0 Å². The molecule has 3 rings (SSSR count). The second kappa shape index (κ2) is 12.7. The predicted octanol–water partition coefficient (Wildman–Crippen LogP) is 8.69. The zero-order chi connectivity index (χ0) is 21.9. The van der Waals surface area contributed by atoms with Crippen molar-refractivity contribution in [3.63, 3.8) is 0 Å². The summed E-state index contributed by atoms with van der Waals surface area (Å²) in [6, 6.07) is 11.6. The zero-order valence-electron chi connectivity index (χ0n) is 19.6. The molecule has 0 spiro atoms. The van der Waals surface area contributed by atoms with Gasteiger partial charge in [-0.05, 0) is 99.0 Å². The molecular weight excluding hydrogens is 374 g/mol. The summed E-state index contributed by atoms with van der Waals surface area (Å²) < 4.78 is 0. The van der Waals surface area contributed by atoms with E-state index in [4.69, 9.17) is 5.26 Å². The van der Waals surface area contributed by atoms with E-state index in [1.807, 2.05) is 18.2 Å². The van der Waals surface area contributed by atoms with Crippen LogP contribution in [0, 0.1) is 29.1 Å². The first-order valence-electron chi connectivity index (χ1n) is 12.7. The van der Waals surface area contributed by atoms with Crippen molar-refractivity contribution < 1.29 is 0 Å². The van der Waals surface area contributed by atoms with Crippen LogP contribution in [0.5, 0.6) is 0 Å². The average Bonchev–Trinajstić information content (AvgIpc) is 2.83. The maximum atomic E-state index is 8.57. The third-order valence-corrected chi connectivity index (χ3v) is 7.73. The SMILES string of the molecule is C=C(C1CCC(/C=C/C=C/C#N)CC1)C1CCC(c2ccc(CCCCC)cc2)CC1. The molecule has 0 aliphatic heterocycles. The van der Waals surface area contributed by atoms with Gasteiger partial charge in [-0.1, -0.05) is 74.4 Å². The third-order valence-electron chi connectivity index (χ3n) is 7.73. The number of benzene rings is 1. The zero-order valence-corrected chi connectivity index (χ0v) is 19.6. The first-order chi connectivity index (χ1) is 15.2. The Balaban J connectivity index is 1.41. The van der Waals surface area contributed by atoms with Crippen LogP contribution < -0.4 is 0 Å². The highest BCUT2D eigenvalue weighted by Crippen LogP contribution is 2.43. The summed E-state index contributed by atoms with van der Waals surface area (Å²) in [5, 5.41) is 8.57. The molecule has 166 valence electrons. The fourth-order valence-electron chi connectivity index (χ4n) is 5.67. The Morgan fingerprint density at radius 3 is 2.19 bits per heavy atom. The number of allylic oxidation sites excluding steroid dienone is 5. The van der Waals surface area contributed by atoms with Crippen molar-refractivity contribution >= 4 is 0 Å². The van der Waals surface area contributed by atoms with Gasteiger partial charge in [-0.3, -0.25) is 0 Å². The van der Waals surface area contributed by atoms with Crippen molar-refractivity contribution in [3.8, 4) is 6.07 Å². The highest BCUT2D eigenvalue weighted by atomic mass is 14.3. The quantitative estimate of drug-likeness (QED) is 0.171. The minimum absolute atomic E-state index is 0.674. The molecule has 2 aliphatic carbocycles. The summed E-state index contributed by atoms with van der Waals surface area (Å²) in [6.07, 6.45) is 23.3. The molecule has 1 aromatic carbocycles. The van der Waals surface area contributed by atoms with E-state index in [1.165, 1.54) is 82.6 Å². The van der Waals surface area contributed by atoms with Gasteiger partial charge < -0.3 is 0 Å². The van der Waals surface area contributed by atoms with Gasteiger partial charge in [0, 0.05) is 6.08 Å². The third kappa shape index (κ3) is 7.24. The fraction of sp³-hybridized carbons (Fsp3) is 0.567. The van der Waals surface area contributed by atoms with Crippen molar-refractivity contribution in [1.29, 1.82) is 5.26 Å². The maximum absolute atomic E-state index is 8.57. The molecule has 0 atom stereocenters. The number of unbranched alkanes of at least 4 members (excludes halogenated alkanes) is 2. The Morgan fingerprint density at radius 2 is 1.58 bits per heavy atom. The minimum atomic E-state index is 0.674. The largest absolute Gasteiger partial charge is 0.193 e. The van der Waals surface area contributed by atoms with Gasteiger partial charge in [-0.25, -0.2) is 0 Å². The van der Waals surface area contributed by atoms with E-state index >= 15 is 0 Å². The highest BCUT2D eigenvalue weighted by molar-refractivity contribution is 5.26. The molecule has 1 nitrogen and oxygen atoms in total. The first-order valence-corrected chi connectivity index (χ1v) is 12.7. The molecular formula is C30H41N. The van der Waals surface area contributed by atoms with E-state index in [1.54, 1.807) is 17.2 Å². The van der Waals surface area contributed by atoms with E-state index in [9.17, 15) is 0 Å². The van der Waals surface area contributed by atoms with Gasteiger partial charge in [-0.15, -0.1) is 0 Å². The first kappa shape index (κ1) is 23.6. The van der Waals surface area contributed by atoms with Gasteiger partial charge in [0.2, 0.25) is 0 Å². The van der Waals surface area contributed by atoms with Crippen LogP contribution in [-0.2, 0) is 6.42 Å². The van der Waals surface area contributed by atoms with Crippen LogP contribution >= 0.6 is 0 Å². The molecule has 2 fully saturated rings. The lowest BCUT2D eigenvalue weighted by Gasteiger charge is -2.36. The monoisotopic (exact) mass is 415 g/mol. The lowest BCUT2D eigenvalue weighted by atomic mass is 9.70. The van der Waals surface area contributed by atoms with Crippen LogP contribution in [0.15, 0.2) is 60.7 Å². The Bertz CT molecular complexity index is 760. The van der Waals surface area contributed by atoms with E-state index < -0.39 is 0 Å². The fourth-order valence-corrected chi connectivity index (χ4v) is 5.67. The Morgan fingerprint density at radius 1 is 0.935 bits per heavy atom. The molecule has 0 bridgehead atoms. The predicted molar refractivity (Wildman–Crippen MR) is 133 cm³/mol. The molecule has 0 N–H and O–H groups in total. The molecule has 1 heteroatoms. The molecule has 1 aromatic rings. The molecule has 2 saturated carbocycles. The number of hydrogen-bond acceptors (Lipinski definition) is 1. The van der Waals surface area contributed by atoms with Crippen LogP contribution in [0.1, 0.15) is 94.6 Å². The Kier molecular flexibility index (Phi) is 9.67. The van der Waals surface area contributed by atoms with Gasteiger partial charge in [0.05, 0.1) is 6.07 Å². The van der Waals surface area contributed by atoms with Gasteiger partial charge >= 0.3 is 0 Å². The normalized spacial score (nSPS) is 26.8. The van der Waals surface area contributed by atoms with Crippen LogP contribution in [0.4, 0.5) is 0 Å². The van der Waals surface area contributed by atoms with Gasteiger partial charge in [0.1, 0.15) is 0 Å². The van der Waals surface area contributed by atoms with Gasteiger partial charge in [-0.2, -0.15) is 5.26 Å². The molecule has 0 amide bonds. The molecule has 0 unspecified atom stereocenters. The topological polar surface area (TPSA) is 23.8 Å². The Labute approximate surface area is 191 Å². The van der Waals surface area contributed by atoms with Crippen LogP contribution in [0.25, 0.3) is 0 Å². The van der Waals surface area contributed by atoms with E-state index in [-0.39, 0.29) is 0 Å². The molecule has 0 radical (unpaired) electrons. The lowest BCUT2D eigenvalue weighted by Crippen LogP contribution is -2.22. The number of rotatable bonds is 9. The maximum Gasteiger partial charge on any atom is 0.0912 e. The molecule has 31 heavy (non-hydrogen) atoms. The van der Waals surface area contributed by atoms with Crippen molar-refractivity contribution in [2.45, 2.75) is 89.9 Å². The van der Waals surface area contributed by atoms with Gasteiger partial charge in [0.25, 0.3) is 0 Å².